The van der Waals surface area contributed by atoms with Crippen molar-refractivity contribution in [2.24, 2.45) is 5.10 Å². The predicted molar refractivity (Wildman–Crippen MR) is 135 cm³/mol. The number of thiazole rings is 1. The molecule has 0 fully saturated rings. The number of hydrogen-bond acceptors (Lipinski definition) is 6. The van der Waals surface area contributed by atoms with Crippen molar-refractivity contribution < 1.29 is 9.47 Å². The Kier molecular flexibility index (Phi) is 10.1. The van der Waals surface area contributed by atoms with Crippen LogP contribution < -0.4 is 14.9 Å². The second kappa shape index (κ2) is 13.5. The molecule has 0 aliphatic carbocycles. The number of hydrazone groups is 1. The summed E-state index contributed by atoms with van der Waals surface area (Å²) in [5, 5.41) is 7.09. The van der Waals surface area contributed by atoms with Crippen LogP contribution in [0.1, 0.15) is 57.4 Å². The second-order valence-electron chi connectivity index (χ2n) is 7.65. The summed E-state index contributed by atoms with van der Waals surface area (Å²) in [4.78, 5) is 4.58. The lowest BCUT2D eigenvalue weighted by molar-refractivity contribution is 0.284. The Morgan fingerprint density at radius 3 is 2.53 bits per heavy atom. The van der Waals surface area contributed by atoms with E-state index in [0.29, 0.717) is 6.61 Å². The minimum absolute atomic E-state index is 0.715. The molecule has 3 aromatic rings. The number of benzene rings is 2. The summed E-state index contributed by atoms with van der Waals surface area (Å²) >= 11 is 1.53. The molecule has 0 radical (unpaired) electrons. The van der Waals surface area contributed by atoms with E-state index in [9.17, 15) is 0 Å². The summed E-state index contributed by atoms with van der Waals surface area (Å²) in [7, 11) is 1.66. The Morgan fingerprint density at radius 1 is 0.969 bits per heavy atom. The highest BCUT2D eigenvalue weighted by Gasteiger charge is 2.06. The average molecular weight is 452 g/mol. The number of rotatable bonds is 14. The summed E-state index contributed by atoms with van der Waals surface area (Å²) in [5.41, 5.74) is 5.97. The quantitative estimate of drug-likeness (QED) is 0.158. The monoisotopic (exact) mass is 451 g/mol. The van der Waals surface area contributed by atoms with Gasteiger partial charge >= 0.3 is 0 Å². The lowest BCUT2D eigenvalue weighted by Gasteiger charge is -2.11. The van der Waals surface area contributed by atoms with E-state index in [2.05, 4.69) is 22.4 Å². The Hall–Kier alpha value is -2.86. The van der Waals surface area contributed by atoms with Crippen molar-refractivity contribution in [1.29, 1.82) is 0 Å². The van der Waals surface area contributed by atoms with Crippen LogP contribution in [-0.2, 0) is 0 Å². The molecule has 0 aliphatic heterocycles. The molecule has 32 heavy (non-hydrogen) atoms. The van der Waals surface area contributed by atoms with Crippen LogP contribution in [0.3, 0.4) is 0 Å². The number of unbranched alkanes of at least 4 members (excludes halogenated alkanes) is 6. The van der Waals surface area contributed by atoms with Gasteiger partial charge < -0.3 is 9.47 Å². The van der Waals surface area contributed by atoms with Gasteiger partial charge in [-0.1, -0.05) is 75.8 Å². The van der Waals surface area contributed by atoms with Crippen LogP contribution in [0.15, 0.2) is 59.0 Å². The predicted octanol–water partition coefficient (Wildman–Crippen LogP) is 7.39. The smallest absolute Gasteiger partial charge is 0.203 e. The molecule has 5 nitrogen and oxygen atoms in total. The third kappa shape index (κ3) is 7.68. The highest BCUT2D eigenvalue weighted by molar-refractivity contribution is 7.14. The highest BCUT2D eigenvalue weighted by Crippen LogP contribution is 2.28. The summed E-state index contributed by atoms with van der Waals surface area (Å²) in [6.07, 6.45) is 10.6. The molecule has 6 heteroatoms. The van der Waals surface area contributed by atoms with E-state index in [1.54, 1.807) is 13.3 Å². The standard InChI is InChI=1S/C26H33N3O2S/c1-3-4-5-6-7-8-12-17-31-24-16-15-21(18-25(24)30-2)19-27-29-26-28-23(20-32-26)22-13-10-9-11-14-22/h9-11,13-16,18-20H,3-8,12,17H2,1-2H3,(H,28,29)/b27-19-. The maximum atomic E-state index is 5.94. The van der Waals surface area contributed by atoms with E-state index in [1.807, 2.05) is 53.9 Å². The Bertz CT molecular complexity index is 957. The summed E-state index contributed by atoms with van der Waals surface area (Å²) in [5.74, 6) is 1.49. The SMILES string of the molecule is CCCCCCCCCOc1ccc(/C=N\Nc2nc(-c3ccccc3)cs2)cc1OC. The molecule has 0 saturated carbocycles. The molecule has 0 amide bonds. The molecular weight excluding hydrogens is 418 g/mol. The van der Waals surface area contributed by atoms with E-state index in [1.165, 1.54) is 49.9 Å². The zero-order chi connectivity index (χ0) is 22.4. The summed E-state index contributed by atoms with van der Waals surface area (Å²) in [6.45, 7) is 2.96. The molecule has 0 bridgehead atoms. The van der Waals surface area contributed by atoms with E-state index in [0.717, 1.165) is 39.9 Å². The number of nitrogens with zero attached hydrogens (tertiary/aromatic N) is 2. The van der Waals surface area contributed by atoms with Crippen molar-refractivity contribution in [3.05, 3.63) is 59.5 Å². The van der Waals surface area contributed by atoms with Gasteiger partial charge in [0.25, 0.3) is 0 Å². The molecular formula is C26H33N3O2S. The van der Waals surface area contributed by atoms with Gasteiger partial charge in [0.1, 0.15) is 0 Å². The first kappa shape index (κ1) is 23.8. The zero-order valence-electron chi connectivity index (χ0n) is 19.0. The van der Waals surface area contributed by atoms with Crippen molar-refractivity contribution in [1.82, 2.24) is 4.98 Å². The molecule has 1 heterocycles. The van der Waals surface area contributed by atoms with Gasteiger partial charge in [-0.05, 0) is 30.2 Å². The molecule has 0 spiro atoms. The normalized spacial score (nSPS) is 11.1. The van der Waals surface area contributed by atoms with E-state index < -0.39 is 0 Å². The molecule has 1 aromatic heterocycles. The summed E-state index contributed by atoms with van der Waals surface area (Å²) in [6, 6.07) is 16.0. The van der Waals surface area contributed by atoms with Crippen LogP contribution in [0.25, 0.3) is 11.3 Å². The number of hydrogen-bond donors (Lipinski definition) is 1. The van der Waals surface area contributed by atoms with Gasteiger partial charge in [0.15, 0.2) is 11.5 Å². The van der Waals surface area contributed by atoms with Gasteiger partial charge in [0.2, 0.25) is 5.13 Å². The van der Waals surface area contributed by atoms with Crippen molar-refractivity contribution >= 4 is 22.7 Å². The van der Waals surface area contributed by atoms with Gasteiger partial charge in [-0.25, -0.2) is 4.98 Å². The summed E-state index contributed by atoms with van der Waals surface area (Å²) < 4.78 is 11.4. The molecule has 0 saturated heterocycles. The van der Waals surface area contributed by atoms with Crippen molar-refractivity contribution in [2.45, 2.75) is 51.9 Å². The molecule has 0 atom stereocenters. The largest absolute Gasteiger partial charge is 0.493 e. The first-order valence-electron chi connectivity index (χ1n) is 11.4. The van der Waals surface area contributed by atoms with Crippen LogP contribution in [0.5, 0.6) is 11.5 Å². The van der Waals surface area contributed by atoms with E-state index in [4.69, 9.17) is 9.47 Å². The average Bonchev–Trinajstić information content (AvgIpc) is 3.31. The van der Waals surface area contributed by atoms with Crippen LogP contribution >= 0.6 is 11.3 Å². The molecule has 3 rings (SSSR count). The zero-order valence-corrected chi connectivity index (χ0v) is 19.9. The fourth-order valence-corrected chi connectivity index (χ4v) is 4.02. The van der Waals surface area contributed by atoms with Gasteiger partial charge in [-0.3, -0.25) is 5.43 Å². The number of ether oxygens (including phenoxy) is 2. The van der Waals surface area contributed by atoms with Crippen molar-refractivity contribution in [3.8, 4) is 22.8 Å². The van der Waals surface area contributed by atoms with Crippen LogP contribution in [-0.4, -0.2) is 24.9 Å². The Morgan fingerprint density at radius 2 is 1.75 bits per heavy atom. The van der Waals surface area contributed by atoms with E-state index in [-0.39, 0.29) is 0 Å². The van der Waals surface area contributed by atoms with Crippen molar-refractivity contribution in [3.63, 3.8) is 0 Å². The minimum Gasteiger partial charge on any atom is -0.493 e. The topological polar surface area (TPSA) is 55.7 Å². The van der Waals surface area contributed by atoms with Gasteiger partial charge in [-0.2, -0.15) is 5.10 Å². The fourth-order valence-electron chi connectivity index (χ4n) is 3.35. The van der Waals surface area contributed by atoms with Crippen molar-refractivity contribution in [2.75, 3.05) is 19.1 Å². The molecule has 0 unspecified atom stereocenters. The number of nitrogens with one attached hydrogen (secondary N) is 1. The van der Waals surface area contributed by atoms with E-state index >= 15 is 0 Å². The Labute approximate surface area is 195 Å². The van der Waals surface area contributed by atoms with Crippen LogP contribution in [0.4, 0.5) is 5.13 Å². The first-order valence-corrected chi connectivity index (χ1v) is 12.3. The third-order valence-electron chi connectivity index (χ3n) is 5.14. The molecule has 1 N–H and O–H groups in total. The number of methoxy groups -OCH3 is 1. The maximum absolute atomic E-state index is 5.94. The van der Waals surface area contributed by atoms with Gasteiger partial charge in [-0.15, -0.1) is 11.3 Å². The molecule has 0 aliphatic rings. The fraction of sp³-hybridized carbons (Fsp3) is 0.385. The third-order valence-corrected chi connectivity index (χ3v) is 5.89. The maximum Gasteiger partial charge on any atom is 0.203 e. The highest BCUT2D eigenvalue weighted by atomic mass is 32.1. The lowest BCUT2D eigenvalue weighted by atomic mass is 10.1. The molecule has 170 valence electrons. The van der Waals surface area contributed by atoms with Crippen LogP contribution in [0.2, 0.25) is 0 Å². The number of aromatic nitrogens is 1. The van der Waals surface area contributed by atoms with Crippen LogP contribution in [0, 0.1) is 0 Å². The Balaban J connectivity index is 1.46. The lowest BCUT2D eigenvalue weighted by Crippen LogP contribution is -2.00. The molecule has 2 aromatic carbocycles. The van der Waals surface area contributed by atoms with Gasteiger partial charge in [0, 0.05) is 10.9 Å². The first-order chi connectivity index (χ1) is 15.8. The van der Waals surface area contributed by atoms with Gasteiger partial charge in [0.05, 0.1) is 25.6 Å². The number of anilines is 1. The minimum atomic E-state index is 0.715. The second-order valence-corrected chi connectivity index (χ2v) is 8.51.